The summed E-state index contributed by atoms with van der Waals surface area (Å²) >= 11 is 0. The van der Waals surface area contributed by atoms with Crippen LogP contribution >= 0.6 is 0 Å². The lowest BCUT2D eigenvalue weighted by atomic mass is 10.1. The Kier molecular flexibility index (Phi) is 5.32. The first-order valence-electron chi connectivity index (χ1n) is 6.81. The molecule has 3 N–H and O–H groups in total. The molecule has 5 nitrogen and oxygen atoms in total. The number of aromatic nitrogens is 2. The Bertz CT molecular complexity index is 531. The molecule has 0 saturated carbocycles. The van der Waals surface area contributed by atoms with Gasteiger partial charge in [-0.05, 0) is 13.3 Å². The minimum absolute atomic E-state index is 0.277. The average Bonchev–Trinajstić information content (AvgIpc) is 2.47. The molecule has 0 atom stereocenters. The molecule has 1 aromatic carbocycles. The van der Waals surface area contributed by atoms with Crippen LogP contribution in [-0.4, -0.2) is 29.7 Å². The van der Waals surface area contributed by atoms with Gasteiger partial charge in [0.15, 0.2) is 0 Å². The fourth-order valence-electron chi connectivity index (χ4n) is 1.85. The van der Waals surface area contributed by atoms with Crippen LogP contribution in [0.3, 0.4) is 0 Å². The molecule has 1 heterocycles. The Morgan fingerprint density at radius 3 is 2.75 bits per heavy atom. The first-order valence-corrected chi connectivity index (χ1v) is 6.81. The highest BCUT2D eigenvalue weighted by molar-refractivity contribution is 5.63. The number of benzene rings is 1. The second-order valence-corrected chi connectivity index (χ2v) is 4.34. The van der Waals surface area contributed by atoms with Gasteiger partial charge in [0.25, 0.3) is 0 Å². The van der Waals surface area contributed by atoms with E-state index in [4.69, 9.17) is 10.5 Å². The monoisotopic (exact) mass is 272 g/mol. The van der Waals surface area contributed by atoms with Crippen molar-refractivity contribution in [3.05, 3.63) is 36.4 Å². The quantitative estimate of drug-likeness (QED) is 0.758. The van der Waals surface area contributed by atoms with E-state index in [1.807, 2.05) is 43.3 Å². The van der Waals surface area contributed by atoms with Gasteiger partial charge in [0.1, 0.15) is 5.82 Å². The van der Waals surface area contributed by atoms with E-state index in [0.717, 1.165) is 43.3 Å². The van der Waals surface area contributed by atoms with Crippen molar-refractivity contribution < 1.29 is 4.74 Å². The highest BCUT2D eigenvalue weighted by Crippen LogP contribution is 2.20. The molecule has 0 amide bonds. The van der Waals surface area contributed by atoms with Crippen LogP contribution in [0.2, 0.25) is 0 Å². The summed E-state index contributed by atoms with van der Waals surface area (Å²) in [4.78, 5) is 8.46. The Hall–Kier alpha value is -2.14. The highest BCUT2D eigenvalue weighted by atomic mass is 16.5. The Labute approximate surface area is 119 Å². The summed E-state index contributed by atoms with van der Waals surface area (Å²) in [5.41, 5.74) is 7.61. The predicted octanol–water partition coefficient (Wildman–Crippen LogP) is 2.56. The largest absolute Gasteiger partial charge is 0.382 e. The molecule has 0 fully saturated rings. The molecule has 0 aliphatic heterocycles. The van der Waals surface area contributed by atoms with E-state index >= 15 is 0 Å². The van der Waals surface area contributed by atoms with E-state index in [-0.39, 0.29) is 5.95 Å². The van der Waals surface area contributed by atoms with Crippen LogP contribution in [0.4, 0.5) is 11.8 Å². The van der Waals surface area contributed by atoms with Gasteiger partial charge in [0.05, 0.1) is 5.69 Å². The lowest BCUT2D eigenvalue weighted by molar-refractivity contribution is 0.147. The zero-order chi connectivity index (χ0) is 14.2. The van der Waals surface area contributed by atoms with Crippen molar-refractivity contribution >= 4 is 11.8 Å². The third kappa shape index (κ3) is 4.20. The van der Waals surface area contributed by atoms with Crippen LogP contribution in [-0.2, 0) is 4.74 Å². The normalized spacial score (nSPS) is 10.4. The van der Waals surface area contributed by atoms with Gasteiger partial charge in [0, 0.05) is 31.4 Å². The van der Waals surface area contributed by atoms with Crippen molar-refractivity contribution in [2.45, 2.75) is 13.3 Å². The fraction of sp³-hybridized carbons (Fsp3) is 0.333. The van der Waals surface area contributed by atoms with Gasteiger partial charge in [-0.15, -0.1) is 0 Å². The van der Waals surface area contributed by atoms with Crippen molar-refractivity contribution in [1.82, 2.24) is 9.97 Å². The van der Waals surface area contributed by atoms with Crippen LogP contribution in [0, 0.1) is 0 Å². The first kappa shape index (κ1) is 14.3. The molecular weight excluding hydrogens is 252 g/mol. The van der Waals surface area contributed by atoms with Crippen molar-refractivity contribution in [3.63, 3.8) is 0 Å². The van der Waals surface area contributed by atoms with E-state index in [0.29, 0.717) is 0 Å². The van der Waals surface area contributed by atoms with E-state index in [9.17, 15) is 0 Å². The topological polar surface area (TPSA) is 73.1 Å². The molecule has 0 aliphatic rings. The number of nitrogens with two attached hydrogens (primary N) is 1. The zero-order valence-corrected chi connectivity index (χ0v) is 11.7. The van der Waals surface area contributed by atoms with Gasteiger partial charge in [-0.1, -0.05) is 30.3 Å². The van der Waals surface area contributed by atoms with Gasteiger partial charge in [0.2, 0.25) is 5.95 Å². The molecule has 0 spiro atoms. The molecule has 106 valence electrons. The smallest absolute Gasteiger partial charge is 0.222 e. The Morgan fingerprint density at radius 1 is 1.20 bits per heavy atom. The molecule has 5 heteroatoms. The molecule has 20 heavy (non-hydrogen) atoms. The minimum Gasteiger partial charge on any atom is -0.382 e. The molecular formula is C15H20N4O. The predicted molar refractivity (Wildman–Crippen MR) is 81.5 cm³/mol. The van der Waals surface area contributed by atoms with Crippen molar-refractivity contribution in [1.29, 1.82) is 0 Å². The molecule has 2 rings (SSSR count). The number of nitrogens with one attached hydrogen (secondary N) is 1. The lowest BCUT2D eigenvalue weighted by Crippen LogP contribution is -2.08. The number of nitrogen functional groups attached to an aromatic ring is 1. The molecule has 0 bridgehead atoms. The van der Waals surface area contributed by atoms with Crippen molar-refractivity contribution in [3.8, 4) is 11.3 Å². The van der Waals surface area contributed by atoms with Gasteiger partial charge in [-0.3, -0.25) is 0 Å². The lowest BCUT2D eigenvalue weighted by Gasteiger charge is -2.08. The van der Waals surface area contributed by atoms with Gasteiger partial charge < -0.3 is 15.8 Å². The fourth-order valence-corrected chi connectivity index (χ4v) is 1.85. The SMILES string of the molecule is CCOCCCNc1cc(-c2ccccc2)nc(N)n1. The Morgan fingerprint density at radius 2 is 2.00 bits per heavy atom. The van der Waals surface area contributed by atoms with Crippen LogP contribution < -0.4 is 11.1 Å². The summed E-state index contributed by atoms with van der Waals surface area (Å²) < 4.78 is 5.29. The number of rotatable bonds is 7. The van der Waals surface area contributed by atoms with Crippen LogP contribution in [0.5, 0.6) is 0 Å². The summed E-state index contributed by atoms with van der Waals surface area (Å²) in [6.45, 7) is 4.28. The van der Waals surface area contributed by atoms with Gasteiger partial charge in [-0.2, -0.15) is 4.98 Å². The van der Waals surface area contributed by atoms with E-state index in [2.05, 4.69) is 15.3 Å². The summed E-state index contributed by atoms with van der Waals surface area (Å²) in [5.74, 6) is 1.02. The number of hydrogen-bond donors (Lipinski definition) is 2. The second kappa shape index (κ2) is 7.45. The van der Waals surface area contributed by atoms with E-state index in [1.54, 1.807) is 0 Å². The van der Waals surface area contributed by atoms with E-state index < -0.39 is 0 Å². The third-order valence-corrected chi connectivity index (χ3v) is 2.79. The molecule has 0 unspecified atom stereocenters. The van der Waals surface area contributed by atoms with Crippen LogP contribution in [0.1, 0.15) is 13.3 Å². The molecule has 2 aromatic rings. The minimum atomic E-state index is 0.277. The highest BCUT2D eigenvalue weighted by Gasteiger charge is 2.04. The first-order chi connectivity index (χ1) is 9.79. The van der Waals surface area contributed by atoms with Gasteiger partial charge >= 0.3 is 0 Å². The number of anilines is 2. The number of hydrogen-bond acceptors (Lipinski definition) is 5. The van der Waals surface area contributed by atoms with Gasteiger partial charge in [-0.25, -0.2) is 4.98 Å². The third-order valence-electron chi connectivity index (χ3n) is 2.79. The number of ether oxygens (including phenoxy) is 1. The maximum atomic E-state index is 5.76. The van der Waals surface area contributed by atoms with Crippen LogP contribution in [0.25, 0.3) is 11.3 Å². The van der Waals surface area contributed by atoms with Crippen molar-refractivity contribution in [2.75, 3.05) is 30.8 Å². The maximum Gasteiger partial charge on any atom is 0.222 e. The summed E-state index contributed by atoms with van der Waals surface area (Å²) in [5, 5.41) is 3.24. The zero-order valence-electron chi connectivity index (χ0n) is 11.7. The second-order valence-electron chi connectivity index (χ2n) is 4.34. The average molecular weight is 272 g/mol. The van der Waals surface area contributed by atoms with Crippen molar-refractivity contribution in [2.24, 2.45) is 0 Å². The standard InChI is InChI=1S/C15H20N4O/c1-2-20-10-6-9-17-14-11-13(18-15(16)19-14)12-7-4-3-5-8-12/h3-5,7-8,11H,2,6,9-10H2,1H3,(H3,16,17,18,19). The summed E-state index contributed by atoms with van der Waals surface area (Å²) in [7, 11) is 0. The Balaban J connectivity index is 2.02. The number of nitrogens with zero attached hydrogens (tertiary/aromatic N) is 2. The molecule has 0 saturated heterocycles. The molecule has 0 aliphatic carbocycles. The summed E-state index contributed by atoms with van der Waals surface area (Å²) in [6.07, 6.45) is 0.929. The molecule has 0 radical (unpaired) electrons. The molecule has 1 aromatic heterocycles. The summed E-state index contributed by atoms with van der Waals surface area (Å²) in [6, 6.07) is 11.8. The maximum absolute atomic E-state index is 5.76. The van der Waals surface area contributed by atoms with E-state index in [1.165, 1.54) is 0 Å². The van der Waals surface area contributed by atoms with Crippen LogP contribution in [0.15, 0.2) is 36.4 Å².